The van der Waals surface area contributed by atoms with Gasteiger partial charge in [0.25, 0.3) is 0 Å². The van der Waals surface area contributed by atoms with E-state index in [0.717, 1.165) is 22.7 Å². The molecule has 0 unspecified atom stereocenters. The number of nitrogens with zero attached hydrogens (tertiary/aromatic N) is 2. The summed E-state index contributed by atoms with van der Waals surface area (Å²) in [4.78, 5) is 26.0. The van der Waals surface area contributed by atoms with Gasteiger partial charge in [0.2, 0.25) is 21.8 Å². The van der Waals surface area contributed by atoms with Gasteiger partial charge in [0.1, 0.15) is 13.2 Å². The van der Waals surface area contributed by atoms with Gasteiger partial charge in [-0.25, -0.2) is 8.42 Å². The average Bonchev–Trinajstić information content (AvgIpc) is 3.29. The molecule has 1 N–H and O–H groups in total. The highest BCUT2D eigenvalue weighted by molar-refractivity contribution is 7.89. The Morgan fingerprint density at radius 2 is 1.79 bits per heavy atom. The van der Waals surface area contributed by atoms with E-state index in [0.29, 0.717) is 36.9 Å². The molecule has 176 valence electrons. The number of likely N-dealkylation sites (tertiary alicyclic amines) is 1. The van der Waals surface area contributed by atoms with Gasteiger partial charge in [-0.05, 0) is 54.8 Å². The van der Waals surface area contributed by atoms with Gasteiger partial charge in [0, 0.05) is 26.2 Å². The number of sulfonamides is 1. The lowest BCUT2D eigenvalue weighted by molar-refractivity contribution is -0.132. The summed E-state index contributed by atoms with van der Waals surface area (Å²) in [5.74, 6) is 0.858. The summed E-state index contributed by atoms with van der Waals surface area (Å²) in [6.45, 7) is 2.67. The van der Waals surface area contributed by atoms with Crippen molar-refractivity contribution in [2.75, 3.05) is 38.7 Å². The lowest BCUT2D eigenvalue weighted by Gasteiger charge is -2.28. The van der Waals surface area contributed by atoms with Crippen LogP contribution >= 0.6 is 0 Å². The second-order valence-corrected chi connectivity index (χ2v) is 10.2. The number of carbonyl (C=O) groups is 2. The van der Waals surface area contributed by atoms with E-state index < -0.39 is 10.0 Å². The van der Waals surface area contributed by atoms with Crippen molar-refractivity contribution in [2.45, 2.75) is 30.7 Å². The highest BCUT2D eigenvalue weighted by Crippen LogP contribution is 2.38. The van der Waals surface area contributed by atoms with Crippen LogP contribution in [0.2, 0.25) is 0 Å². The third-order valence-corrected chi connectivity index (χ3v) is 7.58. The number of rotatable bonds is 6. The van der Waals surface area contributed by atoms with Crippen LogP contribution in [0.4, 0.5) is 5.69 Å². The Bertz CT molecular complexity index is 1150. The summed E-state index contributed by atoms with van der Waals surface area (Å²) in [5.41, 5.74) is 1.45. The molecule has 0 saturated carbocycles. The number of anilines is 1. The molecule has 1 atom stereocenters. The zero-order valence-corrected chi connectivity index (χ0v) is 19.4. The van der Waals surface area contributed by atoms with E-state index in [1.54, 1.807) is 4.90 Å². The summed E-state index contributed by atoms with van der Waals surface area (Å²) < 4.78 is 38.2. The van der Waals surface area contributed by atoms with Gasteiger partial charge >= 0.3 is 0 Å². The zero-order chi connectivity index (χ0) is 23.6. The van der Waals surface area contributed by atoms with Gasteiger partial charge in [-0.15, -0.1) is 0 Å². The lowest BCUT2D eigenvalue weighted by Crippen LogP contribution is -2.40. The minimum absolute atomic E-state index is 0.0525. The van der Waals surface area contributed by atoms with Crippen molar-refractivity contribution in [1.29, 1.82) is 0 Å². The van der Waals surface area contributed by atoms with Crippen LogP contribution < -0.4 is 14.8 Å². The molecule has 0 aliphatic carbocycles. The first-order chi connectivity index (χ1) is 15.8. The summed E-state index contributed by atoms with van der Waals surface area (Å²) in [7, 11) is -2.47. The van der Waals surface area contributed by atoms with Crippen molar-refractivity contribution >= 4 is 27.5 Å². The normalized spacial score (nSPS) is 17.8. The van der Waals surface area contributed by atoms with Crippen LogP contribution in [0.15, 0.2) is 47.4 Å². The molecule has 2 aromatic carbocycles. The molecule has 33 heavy (non-hydrogen) atoms. The topological polar surface area (TPSA) is 105 Å². The van der Waals surface area contributed by atoms with E-state index in [9.17, 15) is 18.0 Å². The maximum Gasteiger partial charge on any atom is 0.243 e. The molecular weight excluding hydrogens is 446 g/mol. The van der Waals surface area contributed by atoms with Crippen LogP contribution in [-0.2, 0) is 19.6 Å². The number of hydrogen-bond acceptors (Lipinski definition) is 6. The SMILES string of the molecule is CC(=O)Nc1ccc(S(=O)(=O)N(C)CC(=O)N2CCC[C@H]2c2ccc3c(c2)OCCO3)cc1. The number of nitrogens with one attached hydrogen (secondary N) is 1. The predicted octanol–water partition coefficient (Wildman–Crippen LogP) is 2.40. The van der Waals surface area contributed by atoms with E-state index in [4.69, 9.17) is 9.47 Å². The molecule has 1 fully saturated rings. The summed E-state index contributed by atoms with van der Waals surface area (Å²) in [5, 5.41) is 2.60. The van der Waals surface area contributed by atoms with E-state index in [1.165, 1.54) is 38.2 Å². The molecule has 0 spiro atoms. The highest BCUT2D eigenvalue weighted by Gasteiger charge is 2.33. The molecule has 4 rings (SSSR count). The van der Waals surface area contributed by atoms with Gasteiger partial charge in [-0.3, -0.25) is 9.59 Å². The number of benzene rings is 2. The molecule has 0 aromatic heterocycles. The molecule has 2 amide bonds. The fourth-order valence-electron chi connectivity index (χ4n) is 4.14. The molecular formula is C23H27N3O6S. The van der Waals surface area contributed by atoms with Gasteiger partial charge in [0.15, 0.2) is 11.5 Å². The maximum absolute atomic E-state index is 13.1. The van der Waals surface area contributed by atoms with E-state index in [-0.39, 0.29) is 29.3 Å². The summed E-state index contributed by atoms with van der Waals surface area (Å²) >= 11 is 0. The number of fused-ring (bicyclic) bond motifs is 1. The zero-order valence-electron chi connectivity index (χ0n) is 18.6. The number of amides is 2. The Balaban J connectivity index is 1.46. The molecule has 2 aliphatic rings. The Morgan fingerprint density at radius 1 is 1.09 bits per heavy atom. The molecule has 2 aromatic rings. The fourth-order valence-corrected chi connectivity index (χ4v) is 5.26. The number of ether oxygens (including phenoxy) is 2. The van der Waals surface area contributed by atoms with Crippen LogP contribution in [0.1, 0.15) is 31.4 Å². The second kappa shape index (κ2) is 9.40. The van der Waals surface area contributed by atoms with Crippen molar-refractivity contribution in [3.63, 3.8) is 0 Å². The molecule has 10 heteroatoms. The van der Waals surface area contributed by atoms with Crippen LogP contribution in [0.5, 0.6) is 11.5 Å². The maximum atomic E-state index is 13.1. The third kappa shape index (κ3) is 4.96. The van der Waals surface area contributed by atoms with Crippen molar-refractivity contribution in [2.24, 2.45) is 0 Å². The van der Waals surface area contributed by atoms with Crippen molar-refractivity contribution in [3.05, 3.63) is 48.0 Å². The smallest absolute Gasteiger partial charge is 0.243 e. The fraction of sp³-hybridized carbons (Fsp3) is 0.391. The van der Waals surface area contributed by atoms with Gasteiger partial charge < -0.3 is 19.7 Å². The Hall–Kier alpha value is -3.11. The predicted molar refractivity (Wildman–Crippen MR) is 122 cm³/mol. The second-order valence-electron chi connectivity index (χ2n) is 8.11. The van der Waals surface area contributed by atoms with Crippen molar-refractivity contribution in [1.82, 2.24) is 9.21 Å². The minimum Gasteiger partial charge on any atom is -0.486 e. The highest BCUT2D eigenvalue weighted by atomic mass is 32.2. The number of carbonyl (C=O) groups excluding carboxylic acids is 2. The molecule has 2 heterocycles. The Kier molecular flexibility index (Phi) is 6.57. The quantitative estimate of drug-likeness (QED) is 0.691. The first-order valence-electron chi connectivity index (χ1n) is 10.8. The monoisotopic (exact) mass is 473 g/mol. The summed E-state index contributed by atoms with van der Waals surface area (Å²) in [6.07, 6.45) is 1.64. The molecule has 0 radical (unpaired) electrons. The van der Waals surface area contributed by atoms with Gasteiger partial charge in [-0.2, -0.15) is 4.31 Å². The first kappa shape index (κ1) is 23.1. The largest absolute Gasteiger partial charge is 0.486 e. The van der Waals surface area contributed by atoms with Crippen molar-refractivity contribution < 1.29 is 27.5 Å². The van der Waals surface area contributed by atoms with Crippen molar-refractivity contribution in [3.8, 4) is 11.5 Å². The molecule has 2 aliphatic heterocycles. The van der Waals surface area contributed by atoms with Gasteiger partial charge in [-0.1, -0.05) is 6.07 Å². The first-order valence-corrected chi connectivity index (χ1v) is 12.2. The van der Waals surface area contributed by atoms with Crippen LogP contribution in [0, 0.1) is 0 Å². The minimum atomic E-state index is -3.87. The van der Waals surface area contributed by atoms with Gasteiger partial charge in [0.05, 0.1) is 17.5 Å². The summed E-state index contributed by atoms with van der Waals surface area (Å²) in [6, 6.07) is 11.4. The van der Waals surface area contributed by atoms with Crippen LogP contribution in [-0.4, -0.2) is 62.8 Å². The lowest BCUT2D eigenvalue weighted by atomic mass is 10.0. The van der Waals surface area contributed by atoms with E-state index >= 15 is 0 Å². The van der Waals surface area contributed by atoms with Crippen LogP contribution in [0.3, 0.4) is 0 Å². The average molecular weight is 474 g/mol. The van der Waals surface area contributed by atoms with Crippen LogP contribution in [0.25, 0.3) is 0 Å². The third-order valence-electron chi connectivity index (χ3n) is 5.76. The standard InChI is InChI=1S/C23H27N3O6S/c1-16(27)24-18-6-8-19(9-7-18)33(29,30)25(2)15-23(28)26-11-3-4-20(26)17-5-10-21-22(14-17)32-13-12-31-21/h5-10,14,20H,3-4,11-13,15H2,1-2H3,(H,24,27)/t20-/m0/s1. The molecule has 0 bridgehead atoms. The van der Waals surface area contributed by atoms with E-state index in [2.05, 4.69) is 5.32 Å². The Morgan fingerprint density at radius 3 is 2.48 bits per heavy atom. The molecule has 9 nitrogen and oxygen atoms in total. The number of likely N-dealkylation sites (N-methyl/N-ethyl adjacent to an activating group) is 1. The number of hydrogen-bond donors (Lipinski definition) is 1. The van der Waals surface area contributed by atoms with E-state index in [1.807, 2.05) is 18.2 Å². The Labute approximate surface area is 193 Å². The molecule has 1 saturated heterocycles.